The van der Waals surface area contributed by atoms with Gasteiger partial charge in [0.15, 0.2) is 0 Å². The number of hydrazine groups is 1. The smallest absolute Gasteiger partial charge is 0.0523 e. The predicted molar refractivity (Wildman–Crippen MR) is 72.9 cm³/mol. The van der Waals surface area contributed by atoms with Crippen molar-refractivity contribution < 1.29 is 0 Å². The zero-order valence-corrected chi connectivity index (χ0v) is 11.6. The van der Waals surface area contributed by atoms with Crippen molar-refractivity contribution >= 4 is 40.7 Å². The highest BCUT2D eigenvalue weighted by Gasteiger charge is 2.17. The van der Waals surface area contributed by atoms with E-state index in [-0.39, 0.29) is 17.8 Å². The van der Waals surface area contributed by atoms with Gasteiger partial charge in [-0.25, -0.2) is 0 Å². The molecule has 0 amide bonds. The van der Waals surface area contributed by atoms with Gasteiger partial charge in [0, 0.05) is 3.57 Å². The molecule has 0 atom stereocenters. The Morgan fingerprint density at radius 2 is 1.86 bits per heavy atom. The van der Waals surface area contributed by atoms with Gasteiger partial charge in [0.05, 0.1) is 5.69 Å². The fourth-order valence-corrected chi connectivity index (χ4v) is 1.75. The predicted octanol–water partition coefficient (Wildman–Crippen LogP) is 3.30. The first-order chi connectivity index (χ1) is 5.95. The van der Waals surface area contributed by atoms with Crippen molar-refractivity contribution in [3.05, 3.63) is 27.3 Å². The van der Waals surface area contributed by atoms with Gasteiger partial charge in [-0.3, -0.25) is 5.84 Å². The van der Waals surface area contributed by atoms with Crippen LogP contribution >= 0.6 is 35.0 Å². The summed E-state index contributed by atoms with van der Waals surface area (Å²) in [7, 11) is 0. The number of nitrogens with one attached hydrogen (secondary N) is 1. The number of hydrogen-bond donors (Lipinski definition) is 2. The van der Waals surface area contributed by atoms with Crippen molar-refractivity contribution in [1.29, 1.82) is 0 Å². The molecule has 80 valence electrons. The average molecular weight is 327 g/mol. The van der Waals surface area contributed by atoms with E-state index in [4.69, 9.17) is 5.84 Å². The van der Waals surface area contributed by atoms with Gasteiger partial charge in [0.1, 0.15) is 0 Å². The van der Waals surface area contributed by atoms with Crippen LogP contribution < -0.4 is 11.3 Å². The van der Waals surface area contributed by atoms with Crippen molar-refractivity contribution in [3.63, 3.8) is 0 Å². The van der Waals surface area contributed by atoms with E-state index in [0.29, 0.717) is 0 Å². The summed E-state index contributed by atoms with van der Waals surface area (Å²) in [5.74, 6) is 5.44. The van der Waals surface area contributed by atoms with Crippen LogP contribution in [0.4, 0.5) is 5.69 Å². The Balaban J connectivity index is 0.00000169. The van der Waals surface area contributed by atoms with Crippen LogP contribution in [0.3, 0.4) is 0 Å². The van der Waals surface area contributed by atoms with Crippen LogP contribution in [0.2, 0.25) is 0 Å². The molecular weight excluding hydrogens is 310 g/mol. The van der Waals surface area contributed by atoms with Gasteiger partial charge in [0.2, 0.25) is 0 Å². The highest BCUT2D eigenvalue weighted by Crippen LogP contribution is 2.30. The first-order valence-corrected chi connectivity index (χ1v) is 5.29. The lowest BCUT2D eigenvalue weighted by molar-refractivity contribution is 0.591. The number of halogens is 2. The van der Waals surface area contributed by atoms with Crippen LogP contribution in [-0.2, 0) is 5.41 Å². The quantitative estimate of drug-likeness (QED) is 0.472. The van der Waals surface area contributed by atoms with Crippen molar-refractivity contribution in [2.75, 3.05) is 5.43 Å². The molecule has 3 N–H and O–H groups in total. The van der Waals surface area contributed by atoms with Crippen LogP contribution in [0, 0.1) is 3.57 Å². The van der Waals surface area contributed by atoms with Crippen molar-refractivity contribution in [1.82, 2.24) is 0 Å². The van der Waals surface area contributed by atoms with E-state index in [1.165, 1.54) is 9.13 Å². The Bertz CT molecular complexity index is 307. The maximum atomic E-state index is 5.44. The lowest BCUT2D eigenvalue weighted by Gasteiger charge is -2.22. The van der Waals surface area contributed by atoms with Gasteiger partial charge in [-0.05, 0) is 51.8 Å². The van der Waals surface area contributed by atoms with Gasteiger partial charge in [-0.15, -0.1) is 12.4 Å². The molecule has 0 aliphatic rings. The molecule has 2 nitrogen and oxygen atoms in total. The molecule has 0 spiro atoms. The molecule has 0 saturated carbocycles. The van der Waals surface area contributed by atoms with Gasteiger partial charge < -0.3 is 5.43 Å². The molecule has 0 aliphatic heterocycles. The number of hydrogen-bond acceptors (Lipinski definition) is 2. The fourth-order valence-electron chi connectivity index (χ4n) is 1.26. The van der Waals surface area contributed by atoms with Crippen molar-refractivity contribution in [2.24, 2.45) is 5.84 Å². The standard InChI is InChI=1S/C10H15IN2.ClH/c1-10(2,3)8-6-7(11)4-5-9(8)13-12;/h4-6,13H,12H2,1-3H3;1H. The number of nitrogens with two attached hydrogens (primary N) is 1. The molecule has 0 radical (unpaired) electrons. The Hall–Kier alpha value is -0.0000000000000000555. The largest absolute Gasteiger partial charge is 0.324 e. The summed E-state index contributed by atoms with van der Waals surface area (Å²) in [6.07, 6.45) is 0. The topological polar surface area (TPSA) is 38.0 Å². The molecule has 1 aromatic carbocycles. The highest BCUT2D eigenvalue weighted by atomic mass is 127. The summed E-state index contributed by atoms with van der Waals surface area (Å²) < 4.78 is 1.24. The lowest BCUT2D eigenvalue weighted by Crippen LogP contribution is -2.17. The minimum atomic E-state index is 0. The Morgan fingerprint density at radius 3 is 2.29 bits per heavy atom. The van der Waals surface area contributed by atoms with Crippen LogP contribution in [0.25, 0.3) is 0 Å². The van der Waals surface area contributed by atoms with E-state index in [2.05, 4.69) is 54.9 Å². The van der Waals surface area contributed by atoms with Crippen LogP contribution in [0.15, 0.2) is 18.2 Å². The first-order valence-electron chi connectivity index (χ1n) is 4.22. The molecule has 0 unspecified atom stereocenters. The molecule has 0 fully saturated rings. The third-order valence-electron chi connectivity index (χ3n) is 1.95. The van der Waals surface area contributed by atoms with E-state index in [9.17, 15) is 0 Å². The van der Waals surface area contributed by atoms with E-state index in [1.54, 1.807) is 0 Å². The van der Waals surface area contributed by atoms with Gasteiger partial charge in [-0.2, -0.15) is 0 Å². The third-order valence-corrected chi connectivity index (χ3v) is 2.62. The summed E-state index contributed by atoms with van der Waals surface area (Å²) in [5.41, 5.74) is 5.11. The second-order valence-corrected chi connectivity index (χ2v) is 5.33. The molecule has 0 saturated heterocycles. The molecule has 0 aromatic heterocycles. The monoisotopic (exact) mass is 326 g/mol. The molecule has 4 heteroatoms. The van der Waals surface area contributed by atoms with Gasteiger partial charge >= 0.3 is 0 Å². The van der Waals surface area contributed by atoms with Crippen molar-refractivity contribution in [3.8, 4) is 0 Å². The number of rotatable bonds is 1. The molecule has 0 bridgehead atoms. The van der Waals surface area contributed by atoms with Crippen LogP contribution in [0.5, 0.6) is 0 Å². The SMILES string of the molecule is CC(C)(C)c1cc(I)ccc1NN.Cl. The maximum Gasteiger partial charge on any atom is 0.0523 e. The van der Waals surface area contributed by atoms with Crippen LogP contribution in [-0.4, -0.2) is 0 Å². The zero-order valence-electron chi connectivity index (χ0n) is 8.60. The summed E-state index contributed by atoms with van der Waals surface area (Å²) >= 11 is 2.31. The fraction of sp³-hybridized carbons (Fsp3) is 0.400. The summed E-state index contributed by atoms with van der Waals surface area (Å²) in [4.78, 5) is 0. The summed E-state index contributed by atoms with van der Waals surface area (Å²) in [5, 5.41) is 0. The highest BCUT2D eigenvalue weighted by molar-refractivity contribution is 14.1. The number of anilines is 1. The normalized spacial score (nSPS) is 10.6. The molecule has 0 aliphatic carbocycles. The Kier molecular flexibility index (Phi) is 5.19. The number of nitrogen functional groups attached to an aromatic ring is 1. The van der Waals surface area contributed by atoms with E-state index >= 15 is 0 Å². The number of benzene rings is 1. The zero-order chi connectivity index (χ0) is 10.1. The molecule has 0 heterocycles. The molecule has 14 heavy (non-hydrogen) atoms. The second kappa shape index (κ2) is 5.19. The van der Waals surface area contributed by atoms with Gasteiger partial charge in [0.25, 0.3) is 0 Å². The molecule has 1 rings (SSSR count). The molecular formula is C10H16ClIN2. The van der Waals surface area contributed by atoms with E-state index in [0.717, 1.165) is 5.69 Å². The summed E-state index contributed by atoms with van der Waals surface area (Å²) in [6, 6.07) is 6.23. The third kappa shape index (κ3) is 3.29. The maximum absolute atomic E-state index is 5.44. The molecule has 1 aromatic rings. The van der Waals surface area contributed by atoms with Crippen molar-refractivity contribution in [2.45, 2.75) is 26.2 Å². The minimum absolute atomic E-state index is 0. The first kappa shape index (κ1) is 14.0. The van der Waals surface area contributed by atoms with E-state index < -0.39 is 0 Å². The van der Waals surface area contributed by atoms with E-state index in [1.807, 2.05) is 12.1 Å². The van der Waals surface area contributed by atoms with Crippen LogP contribution in [0.1, 0.15) is 26.3 Å². The lowest BCUT2D eigenvalue weighted by atomic mass is 9.86. The average Bonchev–Trinajstić information content (AvgIpc) is 2.03. The Morgan fingerprint density at radius 1 is 1.29 bits per heavy atom. The summed E-state index contributed by atoms with van der Waals surface area (Å²) in [6.45, 7) is 6.54. The van der Waals surface area contributed by atoms with Gasteiger partial charge in [-0.1, -0.05) is 20.8 Å². The Labute approximate surface area is 105 Å². The minimum Gasteiger partial charge on any atom is -0.324 e. The second-order valence-electron chi connectivity index (χ2n) is 4.08.